The van der Waals surface area contributed by atoms with Crippen molar-refractivity contribution in [1.29, 1.82) is 0 Å². The molecule has 0 bridgehead atoms. The fraction of sp³-hybridized carbons (Fsp3) is 1.00. The molecule has 0 atom stereocenters. The molecule has 8 nitrogen and oxygen atoms in total. The Morgan fingerprint density at radius 2 is 0.912 bits per heavy atom. The topological polar surface area (TPSA) is 90.6 Å². The van der Waals surface area contributed by atoms with E-state index in [1.807, 2.05) is 0 Å². The van der Waals surface area contributed by atoms with E-state index in [0.717, 1.165) is 51.8 Å². The van der Waals surface area contributed by atoms with Crippen molar-refractivity contribution < 1.29 is 33.2 Å². The molecule has 210 valence electrons. The van der Waals surface area contributed by atoms with E-state index in [1.165, 1.54) is 0 Å². The van der Waals surface area contributed by atoms with Crippen LogP contribution in [0.5, 0.6) is 0 Å². The van der Waals surface area contributed by atoms with Crippen LogP contribution in [0.1, 0.15) is 54.4 Å². The zero-order chi connectivity index (χ0) is 26.3. The molecule has 0 fully saturated rings. The third-order valence-corrected chi connectivity index (χ3v) is 3.82. The summed E-state index contributed by atoms with van der Waals surface area (Å²) in [7, 11) is 3.38. The summed E-state index contributed by atoms with van der Waals surface area (Å²) < 4.78 is 36.0. The van der Waals surface area contributed by atoms with Crippen LogP contribution in [0, 0.1) is 17.8 Å². The second-order valence-corrected chi connectivity index (χ2v) is 9.08. The Bertz CT molecular complexity index is 310. The molecular formula is C26H59NO7. The lowest BCUT2D eigenvalue weighted by molar-refractivity contribution is 0.0184. The van der Waals surface area contributed by atoms with Crippen LogP contribution in [0.3, 0.4) is 0 Å². The Kier molecular flexibility index (Phi) is 39.2. The Morgan fingerprint density at radius 1 is 0.471 bits per heavy atom. The summed E-state index contributed by atoms with van der Waals surface area (Å²) in [4.78, 5) is 0. The molecule has 0 aliphatic heterocycles. The quantitative estimate of drug-likeness (QED) is 0.224. The van der Waals surface area contributed by atoms with E-state index < -0.39 is 0 Å². The average molecular weight is 498 g/mol. The number of nitrogens with two attached hydrogens (primary N) is 1. The molecule has 0 spiro atoms. The molecule has 0 aliphatic rings. The molecule has 0 radical (unpaired) electrons. The monoisotopic (exact) mass is 497 g/mol. The van der Waals surface area contributed by atoms with Crippen LogP contribution in [-0.4, -0.2) is 100 Å². The van der Waals surface area contributed by atoms with Crippen molar-refractivity contribution in [2.75, 3.05) is 100 Å². The molecule has 0 aliphatic carbocycles. The lowest BCUT2D eigenvalue weighted by Crippen LogP contribution is -2.12. The predicted molar refractivity (Wildman–Crippen MR) is 141 cm³/mol. The number of hydrogen-bond donors (Lipinski definition) is 1. The first-order valence-corrected chi connectivity index (χ1v) is 12.9. The largest absolute Gasteiger partial charge is 0.385 e. The average Bonchev–Trinajstić information content (AvgIpc) is 2.78. The van der Waals surface area contributed by atoms with Crippen molar-refractivity contribution in [2.24, 2.45) is 23.5 Å². The SMILES string of the molecule is CC(C)CCOCCOCCN.COCCCOCC(C)C.COCCOCCOCC(C)C. The Labute approximate surface area is 211 Å². The molecule has 0 amide bonds. The van der Waals surface area contributed by atoms with Crippen molar-refractivity contribution in [2.45, 2.75) is 54.4 Å². The molecule has 0 aromatic rings. The highest BCUT2D eigenvalue weighted by Gasteiger charge is 1.94. The van der Waals surface area contributed by atoms with Crippen LogP contribution in [0.4, 0.5) is 0 Å². The molecule has 0 heterocycles. The minimum atomic E-state index is 0.589. The van der Waals surface area contributed by atoms with E-state index in [4.69, 9.17) is 38.9 Å². The van der Waals surface area contributed by atoms with Crippen LogP contribution in [0.15, 0.2) is 0 Å². The first-order valence-electron chi connectivity index (χ1n) is 12.9. The molecule has 8 heteroatoms. The van der Waals surface area contributed by atoms with E-state index in [1.54, 1.807) is 14.2 Å². The van der Waals surface area contributed by atoms with Gasteiger partial charge in [0.1, 0.15) is 0 Å². The van der Waals surface area contributed by atoms with Crippen LogP contribution in [0.25, 0.3) is 0 Å². The van der Waals surface area contributed by atoms with Gasteiger partial charge in [0.25, 0.3) is 0 Å². The van der Waals surface area contributed by atoms with E-state index in [-0.39, 0.29) is 0 Å². The second kappa shape index (κ2) is 34.8. The minimum absolute atomic E-state index is 0.589. The fourth-order valence-electron chi connectivity index (χ4n) is 2.03. The summed E-state index contributed by atoms with van der Waals surface area (Å²) in [5, 5.41) is 0. The zero-order valence-corrected chi connectivity index (χ0v) is 23.8. The molecule has 0 unspecified atom stereocenters. The molecule has 0 aromatic heterocycles. The maximum atomic E-state index is 5.33. The zero-order valence-electron chi connectivity index (χ0n) is 23.8. The summed E-state index contributed by atoms with van der Waals surface area (Å²) in [6.45, 7) is 22.3. The highest BCUT2D eigenvalue weighted by atomic mass is 16.5. The lowest BCUT2D eigenvalue weighted by Gasteiger charge is -2.06. The van der Waals surface area contributed by atoms with Crippen molar-refractivity contribution in [3.05, 3.63) is 0 Å². The van der Waals surface area contributed by atoms with Crippen LogP contribution in [0.2, 0.25) is 0 Å². The van der Waals surface area contributed by atoms with Gasteiger partial charge in [-0.05, 0) is 30.6 Å². The van der Waals surface area contributed by atoms with Crippen LogP contribution >= 0.6 is 0 Å². The maximum absolute atomic E-state index is 5.33. The van der Waals surface area contributed by atoms with Gasteiger partial charge in [-0.1, -0.05) is 41.5 Å². The Balaban J connectivity index is -0.000000426. The molecular weight excluding hydrogens is 438 g/mol. The summed E-state index contributed by atoms with van der Waals surface area (Å²) >= 11 is 0. The Morgan fingerprint density at radius 3 is 1.38 bits per heavy atom. The Hall–Kier alpha value is -0.320. The van der Waals surface area contributed by atoms with Gasteiger partial charge in [-0.3, -0.25) is 0 Å². The standard InChI is InChI=1S/C9H21NO2.C9H20O3.C8H18O2/c1-9(2)3-5-11-7-8-12-6-4-10;1-9(2)8-12-7-6-11-5-4-10-3;1-8(2)7-10-6-4-5-9-3/h9H,3-8,10H2,1-2H3;9H,4-8H2,1-3H3;8H,4-7H2,1-3H3. The smallest absolute Gasteiger partial charge is 0.0701 e. The normalized spacial score (nSPS) is 10.9. The third-order valence-electron chi connectivity index (χ3n) is 3.82. The summed E-state index contributed by atoms with van der Waals surface area (Å²) in [5.74, 6) is 1.96. The molecule has 2 N–H and O–H groups in total. The van der Waals surface area contributed by atoms with Gasteiger partial charge in [0.15, 0.2) is 0 Å². The molecule has 0 saturated carbocycles. The molecule has 0 rings (SSSR count). The van der Waals surface area contributed by atoms with Gasteiger partial charge >= 0.3 is 0 Å². The first kappa shape index (κ1) is 38.2. The van der Waals surface area contributed by atoms with Gasteiger partial charge in [-0.25, -0.2) is 0 Å². The van der Waals surface area contributed by atoms with Crippen molar-refractivity contribution >= 4 is 0 Å². The number of hydrogen-bond acceptors (Lipinski definition) is 8. The molecule has 0 aromatic carbocycles. The number of ether oxygens (including phenoxy) is 7. The summed E-state index contributed by atoms with van der Waals surface area (Å²) in [5.41, 5.74) is 5.24. The van der Waals surface area contributed by atoms with E-state index in [0.29, 0.717) is 64.6 Å². The third kappa shape index (κ3) is 49.0. The molecule has 0 saturated heterocycles. The predicted octanol–water partition coefficient (Wildman–Crippen LogP) is 4.04. The van der Waals surface area contributed by atoms with Gasteiger partial charge in [0, 0.05) is 53.8 Å². The minimum Gasteiger partial charge on any atom is -0.385 e. The van der Waals surface area contributed by atoms with Gasteiger partial charge in [0.05, 0.1) is 46.2 Å². The van der Waals surface area contributed by atoms with Crippen LogP contribution in [-0.2, 0) is 33.2 Å². The van der Waals surface area contributed by atoms with Crippen molar-refractivity contribution in [3.8, 4) is 0 Å². The highest BCUT2D eigenvalue weighted by Crippen LogP contribution is 1.98. The maximum Gasteiger partial charge on any atom is 0.0701 e. The lowest BCUT2D eigenvalue weighted by atomic mass is 10.1. The molecule has 34 heavy (non-hydrogen) atoms. The number of methoxy groups -OCH3 is 2. The second-order valence-electron chi connectivity index (χ2n) is 9.08. The van der Waals surface area contributed by atoms with Crippen LogP contribution < -0.4 is 5.73 Å². The first-order chi connectivity index (χ1) is 16.3. The van der Waals surface area contributed by atoms with E-state index in [2.05, 4.69) is 41.5 Å². The summed E-state index contributed by atoms with van der Waals surface area (Å²) in [6, 6.07) is 0. The number of rotatable bonds is 22. The van der Waals surface area contributed by atoms with Crippen molar-refractivity contribution in [1.82, 2.24) is 0 Å². The van der Waals surface area contributed by atoms with E-state index >= 15 is 0 Å². The van der Waals surface area contributed by atoms with Gasteiger partial charge in [-0.2, -0.15) is 0 Å². The van der Waals surface area contributed by atoms with Gasteiger partial charge in [0.2, 0.25) is 0 Å². The summed E-state index contributed by atoms with van der Waals surface area (Å²) in [6.07, 6.45) is 2.13. The van der Waals surface area contributed by atoms with Gasteiger partial charge in [-0.15, -0.1) is 0 Å². The van der Waals surface area contributed by atoms with E-state index in [9.17, 15) is 0 Å². The van der Waals surface area contributed by atoms with Crippen molar-refractivity contribution in [3.63, 3.8) is 0 Å². The highest BCUT2D eigenvalue weighted by molar-refractivity contribution is 4.43. The van der Waals surface area contributed by atoms with Gasteiger partial charge < -0.3 is 38.9 Å². The fourth-order valence-corrected chi connectivity index (χ4v) is 2.03.